The summed E-state index contributed by atoms with van der Waals surface area (Å²) in [5.74, 6) is 0.686. The van der Waals surface area contributed by atoms with Crippen LogP contribution in [0, 0.1) is 17.2 Å². The number of amides is 1. The van der Waals surface area contributed by atoms with Crippen molar-refractivity contribution in [3.05, 3.63) is 54.4 Å². The number of imidazole rings is 1. The summed E-state index contributed by atoms with van der Waals surface area (Å²) in [4.78, 5) is 33.6. The zero-order chi connectivity index (χ0) is 20.5. The molecule has 9 heteroatoms. The number of pyridine rings is 1. The SMILES string of the molecule is N#Cc1cc(N2CCC(C(=O)N3OCC[C@H]3c3ccn4ccnc4c3)CC2)ncn1. The summed E-state index contributed by atoms with van der Waals surface area (Å²) in [6.07, 6.45) is 9.25. The quantitative estimate of drug-likeness (QED) is 0.660. The van der Waals surface area contributed by atoms with Crippen LogP contribution in [-0.2, 0) is 9.63 Å². The van der Waals surface area contributed by atoms with Gasteiger partial charge in [0, 0.05) is 50.1 Å². The Morgan fingerprint density at radius 3 is 2.83 bits per heavy atom. The summed E-state index contributed by atoms with van der Waals surface area (Å²) in [5, 5.41) is 10.6. The summed E-state index contributed by atoms with van der Waals surface area (Å²) >= 11 is 0. The van der Waals surface area contributed by atoms with Crippen LogP contribution in [0.4, 0.5) is 5.82 Å². The highest BCUT2D eigenvalue weighted by molar-refractivity contribution is 5.79. The molecule has 3 aromatic heterocycles. The summed E-state index contributed by atoms with van der Waals surface area (Å²) in [5.41, 5.74) is 2.25. The van der Waals surface area contributed by atoms with Gasteiger partial charge in [-0.25, -0.2) is 20.0 Å². The Morgan fingerprint density at radius 1 is 1.13 bits per heavy atom. The Balaban J connectivity index is 1.27. The van der Waals surface area contributed by atoms with Gasteiger partial charge in [0.25, 0.3) is 0 Å². The van der Waals surface area contributed by atoms with Gasteiger partial charge in [-0.2, -0.15) is 5.26 Å². The third-order valence-corrected chi connectivity index (χ3v) is 5.86. The largest absolute Gasteiger partial charge is 0.356 e. The molecular weight excluding hydrogens is 382 g/mol. The lowest BCUT2D eigenvalue weighted by Gasteiger charge is -2.34. The number of nitrogens with zero attached hydrogens (tertiary/aromatic N) is 7. The molecule has 5 heterocycles. The topological polar surface area (TPSA) is 99.7 Å². The summed E-state index contributed by atoms with van der Waals surface area (Å²) in [7, 11) is 0. The van der Waals surface area contributed by atoms with Gasteiger partial charge in [0.1, 0.15) is 29.6 Å². The average molecular weight is 403 g/mol. The summed E-state index contributed by atoms with van der Waals surface area (Å²) in [6.45, 7) is 1.94. The molecule has 2 aliphatic heterocycles. The Morgan fingerprint density at radius 2 is 2.00 bits per heavy atom. The van der Waals surface area contributed by atoms with Crippen molar-refractivity contribution in [3.63, 3.8) is 0 Å². The van der Waals surface area contributed by atoms with E-state index in [0.717, 1.165) is 36.3 Å². The van der Waals surface area contributed by atoms with Crippen LogP contribution in [0.3, 0.4) is 0 Å². The highest BCUT2D eigenvalue weighted by Gasteiger charge is 2.37. The Kier molecular flexibility index (Phi) is 4.77. The molecule has 1 atom stereocenters. The van der Waals surface area contributed by atoms with Gasteiger partial charge in [-0.15, -0.1) is 0 Å². The molecule has 0 unspecified atom stereocenters. The molecule has 0 spiro atoms. The van der Waals surface area contributed by atoms with Crippen molar-refractivity contribution in [2.45, 2.75) is 25.3 Å². The summed E-state index contributed by atoms with van der Waals surface area (Å²) < 4.78 is 1.95. The van der Waals surface area contributed by atoms with Gasteiger partial charge in [0.2, 0.25) is 5.91 Å². The van der Waals surface area contributed by atoms with Crippen LogP contribution in [0.25, 0.3) is 5.65 Å². The molecule has 3 aromatic rings. The fraction of sp³-hybridized carbons (Fsp3) is 0.381. The molecule has 0 aromatic carbocycles. The number of aromatic nitrogens is 4. The fourth-order valence-corrected chi connectivity index (χ4v) is 4.24. The van der Waals surface area contributed by atoms with Crippen molar-refractivity contribution in [3.8, 4) is 6.07 Å². The van der Waals surface area contributed by atoms with E-state index >= 15 is 0 Å². The van der Waals surface area contributed by atoms with E-state index in [-0.39, 0.29) is 17.9 Å². The number of piperidine rings is 1. The smallest absolute Gasteiger partial charge is 0.249 e. The van der Waals surface area contributed by atoms with Crippen molar-refractivity contribution in [1.29, 1.82) is 5.26 Å². The van der Waals surface area contributed by atoms with Crippen LogP contribution in [0.2, 0.25) is 0 Å². The first-order chi connectivity index (χ1) is 14.7. The van der Waals surface area contributed by atoms with Crippen LogP contribution in [0.1, 0.15) is 36.6 Å². The molecule has 5 rings (SSSR count). The standard InChI is InChI=1S/C21H21N7O2/c22-13-17-12-20(25-14-24-17)26-6-1-15(2-7-26)21(29)28-18(4-10-30-28)16-3-8-27-9-5-23-19(27)11-16/h3,5,8-9,11-12,14-15,18H,1-2,4,6-7,10H2/t18-/m0/s1. The molecule has 9 nitrogen and oxygen atoms in total. The van der Waals surface area contributed by atoms with E-state index < -0.39 is 0 Å². The predicted octanol–water partition coefficient (Wildman–Crippen LogP) is 2.12. The number of fused-ring (bicyclic) bond motifs is 1. The predicted molar refractivity (Wildman–Crippen MR) is 107 cm³/mol. The molecule has 1 amide bonds. The van der Waals surface area contributed by atoms with E-state index in [1.54, 1.807) is 17.3 Å². The molecule has 0 saturated carbocycles. The maximum absolute atomic E-state index is 13.2. The first kappa shape index (κ1) is 18.5. The molecule has 2 saturated heterocycles. The maximum atomic E-state index is 13.2. The first-order valence-corrected chi connectivity index (χ1v) is 10.1. The Labute approximate surface area is 173 Å². The fourth-order valence-electron chi connectivity index (χ4n) is 4.24. The normalized spacial score (nSPS) is 19.9. The van der Waals surface area contributed by atoms with Crippen LogP contribution in [-0.4, -0.2) is 50.0 Å². The maximum Gasteiger partial charge on any atom is 0.249 e. The number of carbonyl (C=O) groups excluding carboxylic acids is 1. The number of hydrogen-bond donors (Lipinski definition) is 0. The number of nitriles is 1. The molecule has 2 aliphatic rings. The van der Waals surface area contributed by atoms with E-state index in [1.165, 1.54) is 6.33 Å². The minimum atomic E-state index is -0.0886. The van der Waals surface area contributed by atoms with Crippen molar-refractivity contribution in [2.24, 2.45) is 5.92 Å². The van der Waals surface area contributed by atoms with E-state index in [2.05, 4.69) is 19.9 Å². The number of hydrogen-bond acceptors (Lipinski definition) is 7. The lowest BCUT2D eigenvalue weighted by atomic mass is 9.94. The molecule has 0 radical (unpaired) electrons. The van der Waals surface area contributed by atoms with Crippen molar-refractivity contribution >= 4 is 17.4 Å². The second kappa shape index (κ2) is 7.72. The van der Waals surface area contributed by atoms with Gasteiger partial charge in [0.15, 0.2) is 0 Å². The van der Waals surface area contributed by atoms with E-state index in [1.807, 2.05) is 35.0 Å². The van der Waals surface area contributed by atoms with Gasteiger partial charge in [-0.3, -0.25) is 9.63 Å². The number of anilines is 1. The molecule has 30 heavy (non-hydrogen) atoms. The highest BCUT2D eigenvalue weighted by atomic mass is 16.7. The third-order valence-electron chi connectivity index (χ3n) is 5.86. The van der Waals surface area contributed by atoms with E-state index in [9.17, 15) is 4.79 Å². The van der Waals surface area contributed by atoms with Crippen LogP contribution in [0.5, 0.6) is 0 Å². The molecule has 0 bridgehead atoms. The molecule has 0 N–H and O–H groups in total. The minimum absolute atomic E-state index is 0.0424. The monoisotopic (exact) mass is 403 g/mol. The van der Waals surface area contributed by atoms with Gasteiger partial charge in [-0.05, 0) is 30.5 Å². The van der Waals surface area contributed by atoms with Crippen LogP contribution < -0.4 is 4.90 Å². The molecule has 152 valence electrons. The van der Waals surface area contributed by atoms with Gasteiger partial charge in [-0.1, -0.05) is 0 Å². The van der Waals surface area contributed by atoms with Crippen LogP contribution >= 0.6 is 0 Å². The van der Waals surface area contributed by atoms with Crippen LogP contribution in [0.15, 0.2) is 43.1 Å². The number of rotatable bonds is 3. The van der Waals surface area contributed by atoms with E-state index in [4.69, 9.17) is 10.1 Å². The Bertz CT molecular complexity index is 1110. The zero-order valence-corrected chi connectivity index (χ0v) is 16.4. The van der Waals surface area contributed by atoms with E-state index in [0.29, 0.717) is 25.4 Å². The van der Waals surface area contributed by atoms with Crippen molar-refractivity contribution in [1.82, 2.24) is 24.4 Å². The number of carbonyl (C=O) groups is 1. The average Bonchev–Trinajstić information content (AvgIpc) is 3.47. The van der Waals surface area contributed by atoms with Crippen molar-refractivity contribution < 1.29 is 9.63 Å². The second-order valence-electron chi connectivity index (χ2n) is 7.59. The first-order valence-electron chi connectivity index (χ1n) is 10.1. The Hall–Kier alpha value is -3.51. The minimum Gasteiger partial charge on any atom is -0.356 e. The molecule has 0 aliphatic carbocycles. The van der Waals surface area contributed by atoms with Gasteiger partial charge >= 0.3 is 0 Å². The number of hydroxylamine groups is 2. The third kappa shape index (κ3) is 3.35. The van der Waals surface area contributed by atoms with Gasteiger partial charge < -0.3 is 9.30 Å². The summed E-state index contributed by atoms with van der Waals surface area (Å²) in [6, 6.07) is 7.69. The lowest BCUT2D eigenvalue weighted by molar-refractivity contribution is -0.182. The van der Waals surface area contributed by atoms with Gasteiger partial charge in [0.05, 0.1) is 12.6 Å². The van der Waals surface area contributed by atoms with Crippen molar-refractivity contribution in [2.75, 3.05) is 24.6 Å². The highest BCUT2D eigenvalue weighted by Crippen LogP contribution is 2.34. The zero-order valence-electron chi connectivity index (χ0n) is 16.4. The second-order valence-corrected chi connectivity index (χ2v) is 7.59. The molecular formula is C21H21N7O2. The lowest BCUT2D eigenvalue weighted by Crippen LogP contribution is -2.42. The molecule has 2 fully saturated rings.